The molecule has 1 amide bonds. The van der Waals surface area contributed by atoms with E-state index in [4.69, 9.17) is 5.73 Å². The summed E-state index contributed by atoms with van der Waals surface area (Å²) in [7, 11) is 0. The summed E-state index contributed by atoms with van der Waals surface area (Å²) in [6.45, 7) is 3.07. The predicted octanol–water partition coefficient (Wildman–Crippen LogP) is 2.31. The number of hydrogen-bond donors (Lipinski definition) is 2. The molecule has 0 aliphatic heterocycles. The quantitative estimate of drug-likeness (QED) is 0.839. The van der Waals surface area contributed by atoms with Gasteiger partial charge in [0.2, 0.25) is 5.91 Å². The summed E-state index contributed by atoms with van der Waals surface area (Å²) >= 11 is 0. The SMILES string of the molecule is Cc1cc(F)ccc1CCNC(=O)CC1(CN)CCC1. The lowest BCUT2D eigenvalue weighted by molar-refractivity contribution is -0.124. The van der Waals surface area contributed by atoms with Crippen molar-refractivity contribution in [1.82, 2.24) is 5.32 Å². The van der Waals surface area contributed by atoms with Gasteiger partial charge in [-0.25, -0.2) is 4.39 Å². The number of carbonyl (C=O) groups excluding carboxylic acids is 1. The van der Waals surface area contributed by atoms with Crippen LogP contribution in [0.25, 0.3) is 0 Å². The fraction of sp³-hybridized carbons (Fsp3) is 0.562. The van der Waals surface area contributed by atoms with Crippen LogP contribution in [0.2, 0.25) is 0 Å². The number of nitrogens with one attached hydrogen (secondary N) is 1. The van der Waals surface area contributed by atoms with E-state index < -0.39 is 0 Å². The number of carbonyl (C=O) groups is 1. The van der Waals surface area contributed by atoms with Gasteiger partial charge >= 0.3 is 0 Å². The molecule has 3 nitrogen and oxygen atoms in total. The molecule has 0 aromatic heterocycles. The van der Waals surface area contributed by atoms with Gasteiger partial charge in [0.1, 0.15) is 5.82 Å². The number of halogens is 1. The van der Waals surface area contributed by atoms with Gasteiger partial charge < -0.3 is 11.1 Å². The van der Waals surface area contributed by atoms with Crippen molar-refractivity contribution in [2.45, 2.75) is 39.0 Å². The normalized spacial score (nSPS) is 16.6. The van der Waals surface area contributed by atoms with Crippen molar-refractivity contribution < 1.29 is 9.18 Å². The Balaban J connectivity index is 1.76. The van der Waals surface area contributed by atoms with E-state index in [0.29, 0.717) is 19.5 Å². The van der Waals surface area contributed by atoms with E-state index in [2.05, 4.69) is 5.32 Å². The number of rotatable bonds is 6. The first-order valence-electron chi connectivity index (χ1n) is 7.26. The van der Waals surface area contributed by atoms with Crippen molar-refractivity contribution >= 4 is 5.91 Å². The summed E-state index contributed by atoms with van der Waals surface area (Å²) in [6.07, 6.45) is 4.57. The first-order chi connectivity index (χ1) is 9.54. The first-order valence-corrected chi connectivity index (χ1v) is 7.26. The summed E-state index contributed by atoms with van der Waals surface area (Å²) in [6, 6.07) is 4.76. The van der Waals surface area contributed by atoms with Gasteiger partial charge in [0, 0.05) is 13.0 Å². The van der Waals surface area contributed by atoms with Crippen molar-refractivity contribution in [3.05, 3.63) is 35.1 Å². The van der Waals surface area contributed by atoms with Crippen molar-refractivity contribution in [3.8, 4) is 0 Å². The average molecular weight is 278 g/mol. The fourth-order valence-electron chi connectivity index (χ4n) is 2.81. The highest BCUT2D eigenvalue weighted by molar-refractivity contribution is 5.76. The van der Waals surface area contributed by atoms with Gasteiger partial charge in [-0.1, -0.05) is 12.5 Å². The molecule has 1 aromatic rings. The van der Waals surface area contributed by atoms with Crippen LogP contribution in [0.3, 0.4) is 0 Å². The Morgan fingerprint density at radius 3 is 2.75 bits per heavy atom. The maximum absolute atomic E-state index is 13.0. The summed E-state index contributed by atoms with van der Waals surface area (Å²) in [4.78, 5) is 11.9. The second-order valence-electron chi connectivity index (χ2n) is 5.91. The maximum atomic E-state index is 13.0. The molecular formula is C16H23FN2O. The van der Waals surface area contributed by atoms with Crippen LogP contribution in [0, 0.1) is 18.2 Å². The molecule has 0 atom stereocenters. The molecule has 4 heteroatoms. The lowest BCUT2D eigenvalue weighted by Crippen LogP contribution is -2.42. The molecule has 0 radical (unpaired) electrons. The molecule has 0 unspecified atom stereocenters. The Bertz CT molecular complexity index is 478. The molecule has 1 aromatic carbocycles. The van der Waals surface area contributed by atoms with E-state index in [9.17, 15) is 9.18 Å². The Morgan fingerprint density at radius 1 is 1.45 bits per heavy atom. The van der Waals surface area contributed by atoms with Crippen molar-refractivity contribution in [3.63, 3.8) is 0 Å². The van der Waals surface area contributed by atoms with Gasteiger partial charge in [0.25, 0.3) is 0 Å². The molecule has 1 saturated carbocycles. The van der Waals surface area contributed by atoms with E-state index in [1.165, 1.54) is 18.6 Å². The Kier molecular flexibility index (Phi) is 4.76. The second-order valence-corrected chi connectivity index (χ2v) is 5.91. The van der Waals surface area contributed by atoms with Crippen LogP contribution in [-0.2, 0) is 11.2 Å². The predicted molar refractivity (Wildman–Crippen MR) is 77.8 cm³/mol. The summed E-state index contributed by atoms with van der Waals surface area (Å²) in [5, 5.41) is 2.94. The maximum Gasteiger partial charge on any atom is 0.220 e. The van der Waals surface area contributed by atoms with Crippen LogP contribution < -0.4 is 11.1 Å². The minimum absolute atomic E-state index is 0.0515. The zero-order valence-corrected chi connectivity index (χ0v) is 12.0. The number of benzene rings is 1. The van der Waals surface area contributed by atoms with Crippen LogP contribution in [0.5, 0.6) is 0 Å². The van der Waals surface area contributed by atoms with Gasteiger partial charge in [0.05, 0.1) is 0 Å². The second kappa shape index (κ2) is 6.35. The zero-order valence-electron chi connectivity index (χ0n) is 12.0. The third kappa shape index (κ3) is 3.57. The lowest BCUT2D eigenvalue weighted by Gasteiger charge is -2.40. The minimum atomic E-state index is -0.217. The smallest absolute Gasteiger partial charge is 0.220 e. The van der Waals surface area contributed by atoms with E-state index >= 15 is 0 Å². The number of nitrogens with two attached hydrogens (primary N) is 1. The molecule has 0 heterocycles. The molecule has 0 saturated heterocycles. The number of amides is 1. The van der Waals surface area contributed by atoms with Gasteiger partial charge in [-0.3, -0.25) is 4.79 Å². The molecule has 110 valence electrons. The van der Waals surface area contributed by atoms with E-state index in [1.54, 1.807) is 6.07 Å². The monoisotopic (exact) mass is 278 g/mol. The van der Waals surface area contributed by atoms with Crippen molar-refractivity contribution in [1.29, 1.82) is 0 Å². The van der Waals surface area contributed by atoms with Crippen LogP contribution in [-0.4, -0.2) is 19.0 Å². The molecule has 3 N–H and O–H groups in total. The Hall–Kier alpha value is -1.42. The van der Waals surface area contributed by atoms with Crippen molar-refractivity contribution in [2.75, 3.05) is 13.1 Å². The molecule has 2 rings (SSSR count). The molecule has 0 spiro atoms. The van der Waals surface area contributed by atoms with Gasteiger partial charge in [0.15, 0.2) is 0 Å². The Morgan fingerprint density at radius 2 is 2.20 bits per heavy atom. The standard InChI is InChI=1S/C16H23FN2O/c1-12-9-14(17)4-3-13(12)5-8-19-15(20)10-16(11-18)6-2-7-16/h3-4,9H,2,5-8,10-11,18H2,1H3,(H,19,20). The third-order valence-corrected chi connectivity index (χ3v) is 4.40. The molecule has 1 aliphatic rings. The average Bonchev–Trinajstić information content (AvgIpc) is 2.36. The molecular weight excluding hydrogens is 255 g/mol. The fourth-order valence-corrected chi connectivity index (χ4v) is 2.81. The number of hydrogen-bond acceptors (Lipinski definition) is 2. The third-order valence-electron chi connectivity index (χ3n) is 4.40. The molecule has 1 fully saturated rings. The minimum Gasteiger partial charge on any atom is -0.356 e. The highest BCUT2D eigenvalue weighted by Crippen LogP contribution is 2.42. The van der Waals surface area contributed by atoms with E-state index in [0.717, 1.165) is 30.4 Å². The number of aryl methyl sites for hydroxylation is 1. The molecule has 1 aliphatic carbocycles. The van der Waals surface area contributed by atoms with Crippen LogP contribution in [0.15, 0.2) is 18.2 Å². The van der Waals surface area contributed by atoms with Gasteiger partial charge in [-0.05, 0) is 61.4 Å². The van der Waals surface area contributed by atoms with Crippen LogP contribution >= 0.6 is 0 Å². The highest BCUT2D eigenvalue weighted by Gasteiger charge is 2.37. The largest absolute Gasteiger partial charge is 0.356 e. The highest BCUT2D eigenvalue weighted by atomic mass is 19.1. The van der Waals surface area contributed by atoms with Crippen LogP contribution in [0.1, 0.15) is 36.8 Å². The molecule has 20 heavy (non-hydrogen) atoms. The summed E-state index contributed by atoms with van der Waals surface area (Å²) < 4.78 is 13.0. The van der Waals surface area contributed by atoms with E-state index in [-0.39, 0.29) is 17.1 Å². The summed E-state index contributed by atoms with van der Waals surface area (Å²) in [5.74, 6) is -0.139. The lowest BCUT2D eigenvalue weighted by atomic mass is 9.66. The Labute approximate surface area is 119 Å². The zero-order chi connectivity index (χ0) is 14.6. The van der Waals surface area contributed by atoms with E-state index in [1.807, 2.05) is 6.92 Å². The summed E-state index contributed by atoms with van der Waals surface area (Å²) in [5.41, 5.74) is 7.81. The topological polar surface area (TPSA) is 55.1 Å². The first kappa shape index (κ1) is 15.0. The van der Waals surface area contributed by atoms with Gasteiger partial charge in [-0.15, -0.1) is 0 Å². The van der Waals surface area contributed by atoms with Crippen LogP contribution in [0.4, 0.5) is 4.39 Å². The van der Waals surface area contributed by atoms with Crippen molar-refractivity contribution in [2.24, 2.45) is 11.1 Å². The van der Waals surface area contributed by atoms with Gasteiger partial charge in [-0.2, -0.15) is 0 Å². The molecule has 0 bridgehead atoms.